The number of amides is 1. The van der Waals surface area contributed by atoms with Gasteiger partial charge in [-0.1, -0.05) is 12.1 Å². The Bertz CT molecular complexity index is 827. The average Bonchev–Trinajstić information content (AvgIpc) is 2.67. The van der Waals surface area contributed by atoms with Crippen LogP contribution in [0, 0.1) is 25.2 Å². The van der Waals surface area contributed by atoms with E-state index in [9.17, 15) is 4.79 Å². The molecule has 1 amide bonds. The standard InChI is InChI=1S/C21H24N2O4/c1-15-4-6-18(12-16(15)2)26-10-11-27-19-7-5-17(13-20(19)25-3)14-23-21(24)8-9-22/h4-7,12-13H,8,10-11,14H2,1-3H3,(H,23,24). The molecule has 1 N–H and O–H groups in total. The fraction of sp³-hybridized carbons (Fsp3) is 0.333. The minimum Gasteiger partial charge on any atom is -0.493 e. The molecule has 2 rings (SSSR count). The largest absolute Gasteiger partial charge is 0.493 e. The summed E-state index contributed by atoms with van der Waals surface area (Å²) in [6.45, 7) is 5.23. The zero-order valence-electron chi connectivity index (χ0n) is 15.9. The van der Waals surface area contributed by atoms with Gasteiger partial charge in [-0.05, 0) is 54.8 Å². The Morgan fingerprint density at radius 1 is 1.04 bits per heavy atom. The number of methoxy groups -OCH3 is 1. The molecule has 0 aliphatic carbocycles. The second kappa shape index (κ2) is 10.1. The van der Waals surface area contributed by atoms with E-state index in [0.717, 1.165) is 11.3 Å². The molecule has 0 saturated heterocycles. The Balaban J connectivity index is 1.85. The number of nitriles is 1. The van der Waals surface area contributed by atoms with Crippen molar-refractivity contribution in [2.45, 2.75) is 26.8 Å². The SMILES string of the molecule is COc1cc(CNC(=O)CC#N)ccc1OCCOc1ccc(C)c(C)c1. The molecule has 0 unspecified atom stereocenters. The van der Waals surface area contributed by atoms with Crippen molar-refractivity contribution in [1.82, 2.24) is 5.32 Å². The van der Waals surface area contributed by atoms with Gasteiger partial charge in [-0.3, -0.25) is 4.79 Å². The molecule has 0 atom stereocenters. The zero-order chi connectivity index (χ0) is 19.6. The van der Waals surface area contributed by atoms with Gasteiger partial charge >= 0.3 is 0 Å². The van der Waals surface area contributed by atoms with Crippen LogP contribution >= 0.6 is 0 Å². The van der Waals surface area contributed by atoms with Crippen molar-refractivity contribution in [3.05, 3.63) is 53.1 Å². The highest BCUT2D eigenvalue weighted by molar-refractivity contribution is 5.77. The number of benzene rings is 2. The van der Waals surface area contributed by atoms with Crippen molar-refractivity contribution < 1.29 is 19.0 Å². The number of carbonyl (C=O) groups is 1. The topological polar surface area (TPSA) is 80.6 Å². The number of ether oxygens (including phenoxy) is 3. The summed E-state index contributed by atoms with van der Waals surface area (Å²) in [7, 11) is 1.56. The first kappa shape index (κ1) is 20.1. The first-order valence-corrected chi connectivity index (χ1v) is 8.67. The van der Waals surface area contributed by atoms with E-state index in [-0.39, 0.29) is 12.3 Å². The van der Waals surface area contributed by atoms with Crippen molar-refractivity contribution in [3.8, 4) is 23.3 Å². The maximum atomic E-state index is 11.4. The summed E-state index contributed by atoms with van der Waals surface area (Å²) in [5.41, 5.74) is 3.27. The maximum Gasteiger partial charge on any atom is 0.234 e. The van der Waals surface area contributed by atoms with Crippen LogP contribution in [0.1, 0.15) is 23.1 Å². The van der Waals surface area contributed by atoms with Crippen molar-refractivity contribution in [2.75, 3.05) is 20.3 Å². The number of nitrogens with zero attached hydrogens (tertiary/aromatic N) is 1. The van der Waals surface area contributed by atoms with Gasteiger partial charge in [0.15, 0.2) is 11.5 Å². The third kappa shape index (κ3) is 6.23. The van der Waals surface area contributed by atoms with Crippen LogP contribution in [0.5, 0.6) is 17.2 Å². The monoisotopic (exact) mass is 368 g/mol. The highest BCUT2D eigenvalue weighted by atomic mass is 16.5. The van der Waals surface area contributed by atoms with Crippen LogP contribution in [-0.2, 0) is 11.3 Å². The summed E-state index contributed by atoms with van der Waals surface area (Å²) in [5, 5.41) is 11.2. The smallest absolute Gasteiger partial charge is 0.234 e. The van der Waals surface area contributed by atoms with E-state index in [1.165, 1.54) is 11.1 Å². The summed E-state index contributed by atoms with van der Waals surface area (Å²) >= 11 is 0. The maximum absolute atomic E-state index is 11.4. The Morgan fingerprint density at radius 2 is 1.81 bits per heavy atom. The molecule has 0 aliphatic rings. The van der Waals surface area contributed by atoms with Gasteiger partial charge in [0.2, 0.25) is 5.91 Å². The van der Waals surface area contributed by atoms with Crippen LogP contribution in [0.15, 0.2) is 36.4 Å². The highest BCUT2D eigenvalue weighted by Crippen LogP contribution is 2.28. The van der Waals surface area contributed by atoms with Crippen LogP contribution in [0.2, 0.25) is 0 Å². The van der Waals surface area contributed by atoms with Crippen molar-refractivity contribution in [3.63, 3.8) is 0 Å². The molecule has 0 fully saturated rings. The van der Waals surface area contributed by atoms with E-state index in [4.69, 9.17) is 19.5 Å². The molecule has 0 saturated carbocycles. The van der Waals surface area contributed by atoms with Crippen LogP contribution in [0.4, 0.5) is 0 Å². The Kier molecular flexibility index (Phi) is 7.50. The van der Waals surface area contributed by atoms with Gasteiger partial charge < -0.3 is 19.5 Å². The number of hydrogen-bond donors (Lipinski definition) is 1. The van der Waals surface area contributed by atoms with Crippen molar-refractivity contribution in [1.29, 1.82) is 5.26 Å². The van der Waals surface area contributed by atoms with Gasteiger partial charge in [-0.25, -0.2) is 0 Å². The molecule has 0 spiro atoms. The first-order valence-electron chi connectivity index (χ1n) is 8.67. The lowest BCUT2D eigenvalue weighted by Gasteiger charge is -2.13. The van der Waals surface area contributed by atoms with Crippen LogP contribution in [0.25, 0.3) is 0 Å². The van der Waals surface area contributed by atoms with E-state index < -0.39 is 0 Å². The van der Waals surface area contributed by atoms with E-state index in [0.29, 0.717) is 31.3 Å². The molecular formula is C21H24N2O4. The number of nitrogens with one attached hydrogen (secondary N) is 1. The number of rotatable bonds is 9. The Labute approximate surface area is 159 Å². The summed E-state index contributed by atoms with van der Waals surface area (Å²) < 4.78 is 16.8. The van der Waals surface area contributed by atoms with Crippen LogP contribution in [-0.4, -0.2) is 26.2 Å². The molecule has 0 bridgehead atoms. The molecule has 27 heavy (non-hydrogen) atoms. The first-order chi connectivity index (χ1) is 13.0. The van der Waals surface area contributed by atoms with E-state index in [2.05, 4.69) is 12.2 Å². The number of aryl methyl sites for hydroxylation is 2. The predicted octanol–water partition coefficient (Wildman–Crippen LogP) is 3.30. The fourth-order valence-corrected chi connectivity index (χ4v) is 2.39. The number of carbonyl (C=O) groups excluding carboxylic acids is 1. The molecule has 6 nitrogen and oxygen atoms in total. The molecule has 0 aromatic heterocycles. The number of hydrogen-bond acceptors (Lipinski definition) is 5. The molecule has 0 radical (unpaired) electrons. The minimum atomic E-state index is -0.305. The van der Waals surface area contributed by atoms with E-state index in [1.54, 1.807) is 19.2 Å². The van der Waals surface area contributed by atoms with Gasteiger partial charge in [0.25, 0.3) is 0 Å². The van der Waals surface area contributed by atoms with Gasteiger partial charge in [0, 0.05) is 6.54 Å². The highest BCUT2D eigenvalue weighted by Gasteiger charge is 2.07. The third-order valence-corrected chi connectivity index (χ3v) is 4.05. The fourth-order valence-electron chi connectivity index (χ4n) is 2.39. The predicted molar refractivity (Wildman–Crippen MR) is 102 cm³/mol. The minimum absolute atomic E-state index is 0.154. The Morgan fingerprint density at radius 3 is 2.52 bits per heavy atom. The lowest BCUT2D eigenvalue weighted by molar-refractivity contribution is -0.120. The van der Waals surface area contributed by atoms with Crippen LogP contribution in [0.3, 0.4) is 0 Å². The van der Waals surface area contributed by atoms with Crippen LogP contribution < -0.4 is 19.5 Å². The summed E-state index contributed by atoms with van der Waals surface area (Å²) in [4.78, 5) is 11.4. The van der Waals surface area contributed by atoms with Crippen molar-refractivity contribution >= 4 is 5.91 Å². The molecule has 0 heterocycles. The van der Waals surface area contributed by atoms with Gasteiger partial charge in [0.1, 0.15) is 25.4 Å². The Hall–Kier alpha value is -3.20. The van der Waals surface area contributed by atoms with E-state index >= 15 is 0 Å². The lowest BCUT2D eigenvalue weighted by Crippen LogP contribution is -2.21. The van der Waals surface area contributed by atoms with Gasteiger partial charge in [0.05, 0.1) is 13.2 Å². The van der Waals surface area contributed by atoms with Crippen molar-refractivity contribution in [2.24, 2.45) is 0 Å². The average molecular weight is 368 g/mol. The quantitative estimate of drug-likeness (QED) is 0.687. The molecule has 6 heteroatoms. The molecule has 2 aromatic carbocycles. The zero-order valence-corrected chi connectivity index (χ0v) is 15.9. The summed E-state index contributed by atoms with van der Waals surface area (Å²) in [5.74, 6) is 1.69. The molecular weight excluding hydrogens is 344 g/mol. The van der Waals surface area contributed by atoms with Gasteiger partial charge in [-0.2, -0.15) is 5.26 Å². The van der Waals surface area contributed by atoms with E-state index in [1.807, 2.05) is 37.3 Å². The normalized spacial score (nSPS) is 10.0. The third-order valence-electron chi connectivity index (χ3n) is 4.05. The lowest BCUT2D eigenvalue weighted by atomic mass is 10.1. The second-order valence-electron chi connectivity index (χ2n) is 6.04. The molecule has 0 aliphatic heterocycles. The molecule has 2 aromatic rings. The van der Waals surface area contributed by atoms with Gasteiger partial charge in [-0.15, -0.1) is 0 Å². The molecule has 142 valence electrons. The summed E-state index contributed by atoms with van der Waals surface area (Å²) in [6.07, 6.45) is -0.154. The second-order valence-corrected chi connectivity index (χ2v) is 6.04. The summed E-state index contributed by atoms with van der Waals surface area (Å²) in [6, 6.07) is 13.2.